The molecule has 2 N–H and O–H groups in total. The summed E-state index contributed by atoms with van der Waals surface area (Å²) in [5.74, 6) is 0.621. The van der Waals surface area contributed by atoms with Gasteiger partial charge in [-0.3, -0.25) is 14.3 Å². The molecule has 1 fully saturated rings. The zero-order valence-electron chi connectivity index (χ0n) is 16.1. The minimum absolute atomic E-state index is 0.145. The number of rotatable bonds is 3. The van der Waals surface area contributed by atoms with Gasteiger partial charge >= 0.3 is 0 Å². The lowest BCUT2D eigenvalue weighted by atomic mass is 9.90. The molecule has 2 aromatic heterocycles. The molecule has 0 aliphatic carbocycles. The van der Waals surface area contributed by atoms with Crippen molar-refractivity contribution in [3.63, 3.8) is 0 Å². The molecule has 7 nitrogen and oxygen atoms in total. The van der Waals surface area contributed by atoms with Crippen LogP contribution in [0.1, 0.15) is 34.6 Å². The number of nitrogens with zero attached hydrogens (tertiary/aromatic N) is 3. The Morgan fingerprint density at radius 2 is 2.04 bits per heavy atom. The Morgan fingerprint density at radius 1 is 1.29 bits per heavy atom. The first-order valence-corrected chi connectivity index (χ1v) is 9.56. The molecule has 0 unspecified atom stereocenters. The molecule has 0 radical (unpaired) electrons. The number of piperidine rings is 1. The van der Waals surface area contributed by atoms with Crippen molar-refractivity contribution >= 4 is 16.9 Å². The number of likely N-dealkylation sites (tertiary alicyclic amines) is 1. The predicted octanol–water partition coefficient (Wildman–Crippen LogP) is 2.37. The fourth-order valence-electron chi connectivity index (χ4n) is 4.11. The molecular weight excluding hydrogens is 356 g/mol. The molecule has 28 heavy (non-hydrogen) atoms. The zero-order valence-corrected chi connectivity index (χ0v) is 16.1. The van der Waals surface area contributed by atoms with Gasteiger partial charge in [-0.05, 0) is 49.8 Å². The van der Waals surface area contributed by atoms with Crippen molar-refractivity contribution in [3.8, 4) is 5.75 Å². The number of benzene rings is 1. The van der Waals surface area contributed by atoms with Crippen LogP contribution in [0.5, 0.6) is 5.75 Å². The average Bonchev–Trinajstić information content (AvgIpc) is 2.96. The molecule has 0 saturated carbocycles. The largest absolute Gasteiger partial charge is 0.508 e. The molecular formula is C21H24N4O3. The molecule has 1 aromatic carbocycles. The quantitative estimate of drug-likeness (QED) is 0.730. The summed E-state index contributed by atoms with van der Waals surface area (Å²) in [4.78, 5) is 30.3. The second-order valence-corrected chi connectivity index (χ2v) is 7.59. The van der Waals surface area contributed by atoms with Gasteiger partial charge in [0.15, 0.2) is 5.43 Å². The molecule has 0 spiro atoms. The molecule has 0 atom stereocenters. The third-order valence-corrected chi connectivity index (χ3v) is 5.56. The predicted molar refractivity (Wildman–Crippen MR) is 107 cm³/mol. The molecule has 3 heterocycles. The van der Waals surface area contributed by atoms with Crippen molar-refractivity contribution in [1.29, 1.82) is 0 Å². The Kier molecular flexibility index (Phi) is 4.66. The lowest BCUT2D eigenvalue weighted by Crippen LogP contribution is -2.39. The third-order valence-electron chi connectivity index (χ3n) is 5.56. The summed E-state index contributed by atoms with van der Waals surface area (Å²) in [7, 11) is 1.76. The van der Waals surface area contributed by atoms with E-state index in [0.29, 0.717) is 41.4 Å². The minimum atomic E-state index is -0.179. The van der Waals surface area contributed by atoms with Gasteiger partial charge in [0, 0.05) is 26.2 Å². The highest BCUT2D eigenvalue weighted by atomic mass is 16.3. The Morgan fingerprint density at radius 3 is 2.75 bits per heavy atom. The van der Waals surface area contributed by atoms with Gasteiger partial charge in [0.2, 0.25) is 0 Å². The van der Waals surface area contributed by atoms with Gasteiger partial charge in [0.1, 0.15) is 17.1 Å². The Bertz CT molecular complexity index is 1090. The lowest BCUT2D eigenvalue weighted by molar-refractivity contribution is 0.0685. The van der Waals surface area contributed by atoms with Crippen LogP contribution in [-0.2, 0) is 13.5 Å². The summed E-state index contributed by atoms with van der Waals surface area (Å²) in [6, 6.07) is 8.74. The number of aromatic hydroxyl groups is 1. The van der Waals surface area contributed by atoms with E-state index >= 15 is 0 Å². The number of aromatic nitrogens is 3. The van der Waals surface area contributed by atoms with Crippen LogP contribution >= 0.6 is 0 Å². The van der Waals surface area contributed by atoms with Gasteiger partial charge in [0.25, 0.3) is 5.91 Å². The number of carbonyl (C=O) groups excluding carboxylic acids is 1. The molecule has 4 rings (SSSR count). The number of aryl methyl sites for hydroxylation is 2. The van der Waals surface area contributed by atoms with Crippen molar-refractivity contribution in [2.75, 3.05) is 13.1 Å². The van der Waals surface area contributed by atoms with E-state index < -0.39 is 0 Å². The summed E-state index contributed by atoms with van der Waals surface area (Å²) < 4.78 is 1.60. The van der Waals surface area contributed by atoms with Gasteiger partial charge in [-0.15, -0.1) is 0 Å². The number of H-pyrrole nitrogens is 1. The number of hydrogen-bond acceptors (Lipinski definition) is 4. The van der Waals surface area contributed by atoms with Gasteiger partial charge in [-0.1, -0.05) is 12.1 Å². The molecule has 0 bridgehead atoms. The smallest absolute Gasteiger partial charge is 0.270 e. The summed E-state index contributed by atoms with van der Waals surface area (Å²) >= 11 is 0. The number of aromatic amines is 1. The maximum Gasteiger partial charge on any atom is 0.270 e. The summed E-state index contributed by atoms with van der Waals surface area (Å²) in [6.07, 6.45) is 2.70. The maximum absolute atomic E-state index is 12.9. The first-order valence-electron chi connectivity index (χ1n) is 9.56. The van der Waals surface area contributed by atoms with E-state index in [0.717, 1.165) is 24.8 Å². The number of pyridine rings is 1. The van der Waals surface area contributed by atoms with Crippen LogP contribution < -0.4 is 5.43 Å². The van der Waals surface area contributed by atoms with Crippen molar-refractivity contribution in [2.24, 2.45) is 13.0 Å². The number of phenolic OH excluding ortho intramolecular Hbond substituents is 1. The van der Waals surface area contributed by atoms with E-state index in [-0.39, 0.29) is 17.1 Å². The van der Waals surface area contributed by atoms with E-state index in [9.17, 15) is 14.7 Å². The Hall–Kier alpha value is -3.09. The first-order chi connectivity index (χ1) is 13.4. The maximum atomic E-state index is 12.9. The number of carbonyl (C=O) groups is 1. The number of fused-ring (bicyclic) bond motifs is 1. The van der Waals surface area contributed by atoms with Crippen LogP contribution in [-0.4, -0.2) is 43.8 Å². The van der Waals surface area contributed by atoms with E-state index in [1.54, 1.807) is 35.7 Å². The van der Waals surface area contributed by atoms with Gasteiger partial charge in [-0.25, -0.2) is 0 Å². The SMILES string of the molecule is Cc1nn(C)c2[nH]c(C(=O)N3CCC(Cc4cccc(O)c4)CC3)cc(=O)c12. The molecule has 1 aliphatic rings. The van der Waals surface area contributed by atoms with Crippen molar-refractivity contribution in [1.82, 2.24) is 19.7 Å². The molecule has 1 aliphatic heterocycles. The molecule has 146 valence electrons. The fraction of sp³-hybridized carbons (Fsp3) is 0.381. The van der Waals surface area contributed by atoms with Gasteiger partial charge < -0.3 is 15.0 Å². The highest BCUT2D eigenvalue weighted by Gasteiger charge is 2.25. The van der Waals surface area contributed by atoms with Crippen LogP contribution in [0.15, 0.2) is 35.1 Å². The highest BCUT2D eigenvalue weighted by Crippen LogP contribution is 2.24. The molecule has 7 heteroatoms. The summed E-state index contributed by atoms with van der Waals surface area (Å²) in [5, 5.41) is 14.4. The summed E-state index contributed by atoms with van der Waals surface area (Å²) in [5.41, 5.74) is 2.48. The molecule has 1 amide bonds. The first kappa shape index (κ1) is 18.3. The van der Waals surface area contributed by atoms with Gasteiger partial charge in [-0.2, -0.15) is 5.10 Å². The highest BCUT2D eigenvalue weighted by molar-refractivity contribution is 5.94. The van der Waals surface area contributed by atoms with Gasteiger partial charge in [0.05, 0.1) is 11.1 Å². The number of phenols is 1. The molecule has 3 aromatic rings. The topological polar surface area (TPSA) is 91.2 Å². The number of nitrogens with one attached hydrogen (secondary N) is 1. The fourth-order valence-corrected chi connectivity index (χ4v) is 4.11. The van der Waals surface area contributed by atoms with Crippen LogP contribution in [0.3, 0.4) is 0 Å². The van der Waals surface area contributed by atoms with Crippen molar-refractivity contribution in [2.45, 2.75) is 26.2 Å². The molecule has 1 saturated heterocycles. The van der Waals surface area contributed by atoms with Crippen LogP contribution in [0.4, 0.5) is 0 Å². The van der Waals surface area contributed by atoms with Crippen LogP contribution in [0, 0.1) is 12.8 Å². The van der Waals surface area contributed by atoms with E-state index in [4.69, 9.17) is 0 Å². The zero-order chi connectivity index (χ0) is 19.8. The minimum Gasteiger partial charge on any atom is -0.508 e. The van der Waals surface area contributed by atoms with E-state index in [2.05, 4.69) is 10.1 Å². The van der Waals surface area contributed by atoms with E-state index in [1.165, 1.54) is 6.07 Å². The summed E-state index contributed by atoms with van der Waals surface area (Å²) in [6.45, 7) is 3.11. The second-order valence-electron chi connectivity index (χ2n) is 7.59. The normalized spacial score (nSPS) is 15.3. The monoisotopic (exact) mass is 380 g/mol. The van der Waals surface area contributed by atoms with Crippen LogP contribution in [0.2, 0.25) is 0 Å². The van der Waals surface area contributed by atoms with Crippen molar-refractivity contribution in [3.05, 3.63) is 57.5 Å². The average molecular weight is 380 g/mol. The van der Waals surface area contributed by atoms with Crippen LogP contribution in [0.25, 0.3) is 11.0 Å². The Labute approximate surface area is 162 Å². The number of amides is 1. The lowest BCUT2D eigenvalue weighted by Gasteiger charge is -2.32. The second kappa shape index (κ2) is 7.14. The van der Waals surface area contributed by atoms with E-state index in [1.807, 2.05) is 12.1 Å². The third kappa shape index (κ3) is 3.40. The number of hydrogen-bond donors (Lipinski definition) is 2. The Balaban J connectivity index is 1.46. The standard InChI is InChI=1S/C21H24N4O3/c1-13-19-18(27)12-17(22-20(19)24(2)23-13)21(28)25-8-6-14(7-9-25)10-15-4-3-5-16(26)11-15/h3-5,11-12,14,26H,6-10H2,1-2H3,(H,22,27). The van der Waals surface area contributed by atoms with Crippen molar-refractivity contribution < 1.29 is 9.90 Å².